The molecule has 0 saturated heterocycles. The van der Waals surface area contributed by atoms with Crippen LogP contribution in [0.5, 0.6) is 0 Å². The third-order valence-electron chi connectivity index (χ3n) is 2.81. The number of rotatable bonds is 2. The number of H-pyrrole nitrogens is 1. The van der Waals surface area contributed by atoms with Crippen molar-refractivity contribution < 1.29 is 0 Å². The van der Waals surface area contributed by atoms with Gasteiger partial charge in [0.2, 0.25) is 0 Å². The van der Waals surface area contributed by atoms with E-state index in [1.54, 1.807) is 18.5 Å². The van der Waals surface area contributed by atoms with Crippen LogP contribution in [0.25, 0.3) is 22.6 Å². The van der Waals surface area contributed by atoms with Gasteiger partial charge in [0, 0.05) is 11.8 Å². The quantitative estimate of drug-likeness (QED) is 0.755. The van der Waals surface area contributed by atoms with Crippen molar-refractivity contribution in [2.45, 2.75) is 0 Å². The Hall–Kier alpha value is -2.93. The van der Waals surface area contributed by atoms with Crippen molar-refractivity contribution in [2.75, 3.05) is 0 Å². The standard InChI is InChI=1S/C15H10N4/c16-8-13-7-6-12(9-17-13)15-18-10-14(19-15)11-4-2-1-3-5-11/h1-7,9-10H,(H,18,19). The summed E-state index contributed by atoms with van der Waals surface area (Å²) >= 11 is 0. The molecule has 0 aliphatic rings. The molecule has 0 atom stereocenters. The van der Waals surface area contributed by atoms with Crippen LogP contribution >= 0.6 is 0 Å². The number of aromatic amines is 1. The number of benzene rings is 1. The highest BCUT2D eigenvalue weighted by atomic mass is 14.9. The molecule has 3 aromatic rings. The van der Waals surface area contributed by atoms with Crippen LogP contribution in [0, 0.1) is 11.3 Å². The number of nitrogens with one attached hydrogen (secondary N) is 1. The van der Waals surface area contributed by atoms with Crippen LogP contribution in [0.1, 0.15) is 5.69 Å². The predicted octanol–water partition coefficient (Wildman–Crippen LogP) is 3.01. The molecule has 2 heterocycles. The average Bonchev–Trinajstić information content (AvgIpc) is 2.98. The van der Waals surface area contributed by atoms with E-state index in [1.165, 1.54) is 0 Å². The van der Waals surface area contributed by atoms with Crippen LogP contribution in [0.4, 0.5) is 0 Å². The maximum Gasteiger partial charge on any atom is 0.140 e. The second kappa shape index (κ2) is 4.75. The molecular weight excluding hydrogens is 236 g/mol. The Balaban J connectivity index is 1.95. The average molecular weight is 246 g/mol. The molecule has 90 valence electrons. The number of hydrogen-bond acceptors (Lipinski definition) is 3. The van der Waals surface area contributed by atoms with Gasteiger partial charge in [0.25, 0.3) is 0 Å². The summed E-state index contributed by atoms with van der Waals surface area (Å²) in [5.74, 6) is 0.746. The minimum absolute atomic E-state index is 0.401. The van der Waals surface area contributed by atoms with Crippen LogP contribution in [0.2, 0.25) is 0 Å². The van der Waals surface area contributed by atoms with Gasteiger partial charge in [0.05, 0.1) is 11.9 Å². The Bertz CT molecular complexity index is 721. The fourth-order valence-electron chi connectivity index (χ4n) is 1.83. The molecule has 4 heteroatoms. The van der Waals surface area contributed by atoms with Gasteiger partial charge in [-0.05, 0) is 17.7 Å². The largest absolute Gasteiger partial charge is 0.338 e. The van der Waals surface area contributed by atoms with Gasteiger partial charge >= 0.3 is 0 Å². The number of aromatic nitrogens is 3. The van der Waals surface area contributed by atoms with E-state index in [0.717, 1.165) is 22.6 Å². The highest BCUT2D eigenvalue weighted by molar-refractivity contribution is 5.63. The molecule has 0 spiro atoms. The number of pyridine rings is 1. The minimum Gasteiger partial charge on any atom is -0.338 e. The number of hydrogen-bond donors (Lipinski definition) is 1. The first-order chi connectivity index (χ1) is 9.36. The normalized spacial score (nSPS) is 10.1. The summed E-state index contributed by atoms with van der Waals surface area (Å²) in [4.78, 5) is 11.6. The molecule has 4 nitrogen and oxygen atoms in total. The van der Waals surface area contributed by atoms with E-state index in [4.69, 9.17) is 5.26 Å². The van der Waals surface area contributed by atoms with Gasteiger partial charge in [0.1, 0.15) is 17.6 Å². The number of nitrogens with zero attached hydrogens (tertiary/aromatic N) is 3. The third kappa shape index (κ3) is 2.22. The van der Waals surface area contributed by atoms with E-state index in [9.17, 15) is 0 Å². The molecule has 0 fully saturated rings. The monoisotopic (exact) mass is 246 g/mol. The zero-order valence-corrected chi connectivity index (χ0v) is 10.0. The van der Waals surface area contributed by atoms with Gasteiger partial charge < -0.3 is 4.98 Å². The molecule has 19 heavy (non-hydrogen) atoms. The highest BCUT2D eigenvalue weighted by Gasteiger charge is 2.05. The van der Waals surface area contributed by atoms with Crippen molar-refractivity contribution in [2.24, 2.45) is 0 Å². The van der Waals surface area contributed by atoms with Crippen molar-refractivity contribution in [3.05, 3.63) is 60.6 Å². The molecular formula is C15H10N4. The van der Waals surface area contributed by atoms with Crippen LogP contribution < -0.4 is 0 Å². The van der Waals surface area contributed by atoms with E-state index in [0.29, 0.717) is 5.69 Å². The zero-order chi connectivity index (χ0) is 13.1. The molecule has 0 amide bonds. The maximum absolute atomic E-state index is 8.72. The molecule has 0 radical (unpaired) electrons. The summed E-state index contributed by atoms with van der Waals surface area (Å²) < 4.78 is 0. The third-order valence-corrected chi connectivity index (χ3v) is 2.81. The molecule has 2 aromatic heterocycles. The summed E-state index contributed by atoms with van der Waals surface area (Å²) in [6, 6.07) is 15.5. The molecule has 1 N–H and O–H groups in total. The summed E-state index contributed by atoms with van der Waals surface area (Å²) in [6.45, 7) is 0. The Morgan fingerprint density at radius 1 is 0.895 bits per heavy atom. The minimum atomic E-state index is 0.401. The summed E-state index contributed by atoms with van der Waals surface area (Å²) in [5, 5.41) is 8.72. The highest BCUT2D eigenvalue weighted by Crippen LogP contribution is 2.21. The summed E-state index contributed by atoms with van der Waals surface area (Å²) in [7, 11) is 0. The topological polar surface area (TPSA) is 65.4 Å². The van der Waals surface area contributed by atoms with Gasteiger partial charge in [-0.25, -0.2) is 9.97 Å². The van der Waals surface area contributed by atoms with Crippen molar-refractivity contribution in [3.63, 3.8) is 0 Å². The lowest BCUT2D eigenvalue weighted by atomic mass is 10.2. The zero-order valence-electron chi connectivity index (χ0n) is 10.0. The predicted molar refractivity (Wildman–Crippen MR) is 72.0 cm³/mol. The van der Waals surface area contributed by atoms with Crippen LogP contribution in [0.15, 0.2) is 54.9 Å². The van der Waals surface area contributed by atoms with Gasteiger partial charge in [-0.1, -0.05) is 30.3 Å². The summed E-state index contributed by atoms with van der Waals surface area (Å²) in [5.41, 5.74) is 3.31. The molecule has 0 aliphatic heterocycles. The SMILES string of the molecule is N#Cc1ccc(-c2ncc(-c3ccccc3)[nH]2)cn1. The van der Waals surface area contributed by atoms with E-state index in [1.807, 2.05) is 42.5 Å². The fraction of sp³-hybridized carbons (Fsp3) is 0. The lowest BCUT2D eigenvalue weighted by molar-refractivity contribution is 1.23. The first kappa shape index (κ1) is 11.2. The Labute approximate surface area is 110 Å². The van der Waals surface area contributed by atoms with Crippen LogP contribution in [-0.4, -0.2) is 15.0 Å². The van der Waals surface area contributed by atoms with Gasteiger partial charge in [-0.3, -0.25) is 0 Å². The van der Waals surface area contributed by atoms with Crippen LogP contribution in [-0.2, 0) is 0 Å². The fourth-order valence-corrected chi connectivity index (χ4v) is 1.83. The molecule has 0 aliphatic carbocycles. The van der Waals surface area contributed by atoms with E-state index >= 15 is 0 Å². The maximum atomic E-state index is 8.72. The Morgan fingerprint density at radius 2 is 1.74 bits per heavy atom. The lowest BCUT2D eigenvalue weighted by Gasteiger charge is -1.97. The second-order valence-corrected chi connectivity index (χ2v) is 4.06. The molecule has 1 aromatic carbocycles. The molecule has 3 rings (SSSR count). The van der Waals surface area contributed by atoms with Crippen molar-refractivity contribution in [3.8, 4) is 28.7 Å². The van der Waals surface area contributed by atoms with E-state index in [2.05, 4.69) is 15.0 Å². The van der Waals surface area contributed by atoms with Crippen molar-refractivity contribution in [1.82, 2.24) is 15.0 Å². The number of nitriles is 1. The lowest BCUT2D eigenvalue weighted by Crippen LogP contribution is -1.85. The first-order valence-corrected chi connectivity index (χ1v) is 5.84. The Morgan fingerprint density at radius 3 is 2.42 bits per heavy atom. The summed E-state index contributed by atoms with van der Waals surface area (Å²) in [6.07, 6.45) is 3.44. The van der Waals surface area contributed by atoms with Gasteiger partial charge in [-0.15, -0.1) is 0 Å². The van der Waals surface area contributed by atoms with Crippen molar-refractivity contribution in [1.29, 1.82) is 5.26 Å². The Kier molecular flexibility index (Phi) is 2.79. The number of imidazole rings is 1. The smallest absolute Gasteiger partial charge is 0.140 e. The van der Waals surface area contributed by atoms with Gasteiger partial charge in [-0.2, -0.15) is 5.26 Å². The van der Waals surface area contributed by atoms with Crippen LogP contribution in [0.3, 0.4) is 0 Å². The van der Waals surface area contributed by atoms with Gasteiger partial charge in [0.15, 0.2) is 0 Å². The molecule has 0 saturated carbocycles. The first-order valence-electron chi connectivity index (χ1n) is 5.84. The molecule has 0 bridgehead atoms. The molecule has 0 unspecified atom stereocenters. The van der Waals surface area contributed by atoms with E-state index < -0.39 is 0 Å². The van der Waals surface area contributed by atoms with Crippen molar-refractivity contribution >= 4 is 0 Å². The second-order valence-electron chi connectivity index (χ2n) is 4.06. The van der Waals surface area contributed by atoms with E-state index in [-0.39, 0.29) is 0 Å².